The lowest BCUT2D eigenvalue weighted by Crippen LogP contribution is -2.16. The standard InChI is InChI=1S/C11H11N3O2/c15-14(16)10-6-8-4-5-13(9-2-1-3-9)11(8)12-7-10/h4-7,9H,1-3H2. The Morgan fingerprint density at radius 1 is 1.50 bits per heavy atom. The van der Waals surface area contributed by atoms with Gasteiger partial charge >= 0.3 is 0 Å². The molecule has 1 saturated carbocycles. The SMILES string of the molecule is O=[N+]([O-])c1cnc2c(ccn2C2CCC2)c1. The molecule has 1 fully saturated rings. The van der Waals surface area contributed by atoms with E-state index in [9.17, 15) is 10.1 Å². The van der Waals surface area contributed by atoms with E-state index in [1.165, 1.54) is 25.5 Å². The predicted octanol–water partition coefficient (Wildman–Crippen LogP) is 2.67. The second-order valence-corrected chi connectivity index (χ2v) is 4.17. The topological polar surface area (TPSA) is 61.0 Å². The number of nitrogens with zero attached hydrogens (tertiary/aromatic N) is 3. The third-order valence-electron chi connectivity index (χ3n) is 3.22. The van der Waals surface area contributed by atoms with Crippen molar-refractivity contribution in [1.82, 2.24) is 9.55 Å². The lowest BCUT2D eigenvalue weighted by atomic mass is 9.93. The molecule has 2 aromatic rings. The van der Waals surface area contributed by atoms with E-state index in [0.29, 0.717) is 6.04 Å². The van der Waals surface area contributed by atoms with Crippen molar-refractivity contribution in [2.75, 3.05) is 0 Å². The van der Waals surface area contributed by atoms with Crippen LogP contribution in [0.5, 0.6) is 0 Å². The number of hydrogen-bond donors (Lipinski definition) is 0. The molecule has 82 valence electrons. The number of fused-ring (bicyclic) bond motifs is 1. The highest BCUT2D eigenvalue weighted by atomic mass is 16.6. The maximum absolute atomic E-state index is 10.6. The van der Waals surface area contributed by atoms with Crippen molar-refractivity contribution in [3.63, 3.8) is 0 Å². The van der Waals surface area contributed by atoms with Crippen molar-refractivity contribution in [2.45, 2.75) is 25.3 Å². The molecule has 0 unspecified atom stereocenters. The van der Waals surface area contributed by atoms with Gasteiger partial charge in [-0.3, -0.25) is 10.1 Å². The van der Waals surface area contributed by atoms with Crippen LogP contribution in [-0.2, 0) is 0 Å². The molecule has 2 heterocycles. The Morgan fingerprint density at radius 3 is 2.94 bits per heavy atom. The van der Waals surface area contributed by atoms with Gasteiger partial charge in [-0.25, -0.2) is 4.98 Å². The third kappa shape index (κ3) is 1.28. The molecule has 0 atom stereocenters. The van der Waals surface area contributed by atoms with Crippen molar-refractivity contribution >= 4 is 16.7 Å². The molecule has 0 N–H and O–H groups in total. The van der Waals surface area contributed by atoms with Gasteiger partial charge in [-0.1, -0.05) is 0 Å². The van der Waals surface area contributed by atoms with Crippen LogP contribution in [0.3, 0.4) is 0 Å². The molecule has 1 aliphatic carbocycles. The summed E-state index contributed by atoms with van der Waals surface area (Å²) in [5.74, 6) is 0. The smallest absolute Gasteiger partial charge is 0.288 e. The molecule has 1 aliphatic rings. The molecule has 0 aromatic carbocycles. The van der Waals surface area contributed by atoms with E-state index >= 15 is 0 Å². The molecule has 3 rings (SSSR count). The highest BCUT2D eigenvalue weighted by molar-refractivity contribution is 5.78. The molecule has 5 heteroatoms. The molecule has 0 bridgehead atoms. The number of nitro groups is 1. The second-order valence-electron chi connectivity index (χ2n) is 4.17. The van der Waals surface area contributed by atoms with Crippen LogP contribution in [0, 0.1) is 10.1 Å². The molecule has 2 aromatic heterocycles. The summed E-state index contributed by atoms with van der Waals surface area (Å²) < 4.78 is 2.13. The Morgan fingerprint density at radius 2 is 2.31 bits per heavy atom. The molecule has 0 saturated heterocycles. The maximum atomic E-state index is 10.6. The minimum atomic E-state index is -0.410. The van der Waals surface area contributed by atoms with Crippen LogP contribution >= 0.6 is 0 Å². The van der Waals surface area contributed by atoms with Crippen LogP contribution in [0.4, 0.5) is 5.69 Å². The van der Waals surface area contributed by atoms with Gasteiger partial charge < -0.3 is 4.57 Å². The van der Waals surface area contributed by atoms with Crippen molar-refractivity contribution < 1.29 is 4.92 Å². The van der Waals surface area contributed by atoms with Gasteiger partial charge in [0.15, 0.2) is 0 Å². The van der Waals surface area contributed by atoms with Crippen LogP contribution in [0.25, 0.3) is 11.0 Å². The van der Waals surface area contributed by atoms with Crippen LogP contribution in [0.1, 0.15) is 25.3 Å². The molecular weight excluding hydrogens is 206 g/mol. The van der Waals surface area contributed by atoms with E-state index in [1.54, 1.807) is 6.07 Å². The Kier molecular flexibility index (Phi) is 1.92. The van der Waals surface area contributed by atoms with Crippen LogP contribution in [0.15, 0.2) is 24.5 Å². The van der Waals surface area contributed by atoms with E-state index in [2.05, 4.69) is 9.55 Å². The molecule has 5 nitrogen and oxygen atoms in total. The molecule has 0 radical (unpaired) electrons. The summed E-state index contributed by atoms with van der Waals surface area (Å²) in [6.45, 7) is 0. The van der Waals surface area contributed by atoms with Crippen molar-refractivity contribution in [3.8, 4) is 0 Å². The van der Waals surface area contributed by atoms with Gasteiger partial charge in [0.2, 0.25) is 0 Å². The highest BCUT2D eigenvalue weighted by Gasteiger charge is 2.21. The van der Waals surface area contributed by atoms with Crippen LogP contribution in [-0.4, -0.2) is 14.5 Å². The normalized spacial score (nSPS) is 16.2. The molecule has 0 amide bonds. The third-order valence-corrected chi connectivity index (χ3v) is 3.22. The summed E-state index contributed by atoms with van der Waals surface area (Å²) in [7, 11) is 0. The molecule has 0 aliphatic heterocycles. The monoisotopic (exact) mass is 217 g/mol. The van der Waals surface area contributed by atoms with Crippen LogP contribution in [0.2, 0.25) is 0 Å². The lowest BCUT2D eigenvalue weighted by molar-refractivity contribution is -0.385. The Hall–Kier alpha value is -1.91. The van der Waals surface area contributed by atoms with Crippen molar-refractivity contribution in [2.24, 2.45) is 0 Å². The first-order chi connectivity index (χ1) is 7.75. The largest absolute Gasteiger partial charge is 0.329 e. The van der Waals surface area contributed by atoms with Gasteiger partial charge in [0.05, 0.1) is 4.92 Å². The number of pyridine rings is 1. The highest BCUT2D eigenvalue weighted by Crippen LogP contribution is 2.34. The Balaban J connectivity index is 2.10. The van der Waals surface area contributed by atoms with Gasteiger partial charge in [-0.2, -0.15) is 0 Å². The van der Waals surface area contributed by atoms with Gasteiger partial charge in [0.25, 0.3) is 5.69 Å². The van der Waals surface area contributed by atoms with E-state index in [-0.39, 0.29) is 5.69 Å². The molecule has 0 spiro atoms. The van der Waals surface area contributed by atoms with E-state index in [0.717, 1.165) is 11.0 Å². The van der Waals surface area contributed by atoms with E-state index in [4.69, 9.17) is 0 Å². The predicted molar refractivity (Wildman–Crippen MR) is 59.3 cm³/mol. The number of rotatable bonds is 2. The van der Waals surface area contributed by atoms with Gasteiger partial charge in [-0.15, -0.1) is 0 Å². The zero-order valence-corrected chi connectivity index (χ0v) is 8.67. The first kappa shape index (κ1) is 9.33. The average molecular weight is 217 g/mol. The Labute approximate surface area is 91.9 Å². The lowest BCUT2D eigenvalue weighted by Gasteiger charge is -2.27. The van der Waals surface area contributed by atoms with Crippen LogP contribution < -0.4 is 0 Å². The fourth-order valence-corrected chi connectivity index (χ4v) is 2.09. The summed E-state index contributed by atoms with van der Waals surface area (Å²) in [5.41, 5.74) is 0.911. The maximum Gasteiger partial charge on any atom is 0.288 e. The van der Waals surface area contributed by atoms with Crippen molar-refractivity contribution in [1.29, 1.82) is 0 Å². The van der Waals surface area contributed by atoms with Gasteiger partial charge in [0.1, 0.15) is 11.8 Å². The first-order valence-electron chi connectivity index (χ1n) is 5.37. The molecular formula is C11H11N3O2. The minimum absolute atomic E-state index is 0.0545. The van der Waals surface area contributed by atoms with E-state index < -0.39 is 4.92 Å². The second kappa shape index (κ2) is 3.30. The van der Waals surface area contributed by atoms with Crippen molar-refractivity contribution in [3.05, 3.63) is 34.6 Å². The zero-order chi connectivity index (χ0) is 11.1. The zero-order valence-electron chi connectivity index (χ0n) is 8.67. The summed E-state index contributed by atoms with van der Waals surface area (Å²) >= 11 is 0. The number of hydrogen-bond acceptors (Lipinski definition) is 3. The minimum Gasteiger partial charge on any atom is -0.329 e. The fourth-order valence-electron chi connectivity index (χ4n) is 2.09. The molecule has 16 heavy (non-hydrogen) atoms. The van der Waals surface area contributed by atoms with Gasteiger partial charge in [0, 0.05) is 23.7 Å². The van der Waals surface area contributed by atoms with Gasteiger partial charge in [-0.05, 0) is 25.3 Å². The average Bonchev–Trinajstić information content (AvgIpc) is 2.59. The summed E-state index contributed by atoms with van der Waals surface area (Å²) in [4.78, 5) is 14.4. The first-order valence-corrected chi connectivity index (χ1v) is 5.37. The fraction of sp³-hybridized carbons (Fsp3) is 0.364. The Bertz CT molecular complexity index is 557. The van der Waals surface area contributed by atoms with E-state index in [1.807, 2.05) is 12.3 Å². The summed E-state index contributed by atoms with van der Waals surface area (Å²) in [5, 5.41) is 11.5. The quantitative estimate of drug-likeness (QED) is 0.574. The number of aromatic nitrogens is 2. The summed E-state index contributed by atoms with van der Waals surface area (Å²) in [6.07, 6.45) is 6.94. The summed E-state index contributed by atoms with van der Waals surface area (Å²) in [6, 6.07) is 4.01.